The van der Waals surface area contributed by atoms with Crippen molar-refractivity contribution < 1.29 is 5.11 Å². The highest BCUT2D eigenvalue weighted by Gasteiger charge is 2.02. The van der Waals surface area contributed by atoms with E-state index in [0.717, 1.165) is 11.1 Å². The predicted molar refractivity (Wildman–Crippen MR) is 64.1 cm³/mol. The molecule has 0 aliphatic carbocycles. The van der Waals surface area contributed by atoms with Crippen molar-refractivity contribution in [2.75, 3.05) is 0 Å². The van der Waals surface area contributed by atoms with E-state index in [4.69, 9.17) is 10.8 Å². The molecule has 1 heterocycles. The van der Waals surface area contributed by atoms with Gasteiger partial charge in [-0.3, -0.25) is 0 Å². The van der Waals surface area contributed by atoms with Crippen LogP contribution in [-0.2, 0) is 19.7 Å². The number of nitrogens with zero attached hydrogens (tertiary/aromatic N) is 3. The second-order valence-electron chi connectivity index (χ2n) is 4.10. The quantitative estimate of drug-likeness (QED) is 0.808. The van der Waals surface area contributed by atoms with Gasteiger partial charge in [-0.2, -0.15) is 0 Å². The van der Waals surface area contributed by atoms with Gasteiger partial charge < -0.3 is 10.8 Å². The number of hydrogen-bond donors (Lipinski definition) is 2. The van der Waals surface area contributed by atoms with Crippen molar-refractivity contribution in [3.05, 3.63) is 46.8 Å². The Labute approximate surface area is 99.9 Å². The van der Waals surface area contributed by atoms with E-state index in [9.17, 15) is 0 Å². The molecule has 0 radical (unpaired) electrons. The molecule has 0 spiro atoms. The fourth-order valence-electron chi connectivity index (χ4n) is 1.83. The standard InChI is InChI=1S/C12H16N4O/c1-9-2-10(5-13)4-11(3-9)6-16-7-12(8-17)14-15-16/h2-4,7,17H,5-6,8,13H2,1H3. The molecule has 1 aromatic carbocycles. The highest BCUT2D eigenvalue weighted by atomic mass is 16.3. The Morgan fingerprint density at radius 3 is 2.71 bits per heavy atom. The fourth-order valence-corrected chi connectivity index (χ4v) is 1.83. The Morgan fingerprint density at radius 2 is 2.06 bits per heavy atom. The predicted octanol–water partition coefficient (Wildman–Crippen LogP) is 0.586. The van der Waals surface area contributed by atoms with Crippen LogP contribution in [0, 0.1) is 6.92 Å². The third-order valence-electron chi connectivity index (χ3n) is 2.53. The number of rotatable bonds is 4. The van der Waals surface area contributed by atoms with Gasteiger partial charge in [-0.1, -0.05) is 29.0 Å². The maximum atomic E-state index is 8.91. The first-order chi connectivity index (χ1) is 8.21. The van der Waals surface area contributed by atoms with Gasteiger partial charge in [0, 0.05) is 6.54 Å². The van der Waals surface area contributed by atoms with Crippen molar-refractivity contribution in [2.45, 2.75) is 26.6 Å². The Morgan fingerprint density at radius 1 is 1.29 bits per heavy atom. The molecule has 0 atom stereocenters. The Hall–Kier alpha value is -1.72. The van der Waals surface area contributed by atoms with Crippen molar-refractivity contribution in [2.24, 2.45) is 5.73 Å². The molecule has 3 N–H and O–H groups in total. The van der Waals surface area contributed by atoms with Gasteiger partial charge in [-0.25, -0.2) is 4.68 Å². The maximum absolute atomic E-state index is 8.91. The molecule has 1 aromatic heterocycles. The number of hydrogen-bond acceptors (Lipinski definition) is 4. The second-order valence-corrected chi connectivity index (χ2v) is 4.10. The number of benzene rings is 1. The molecule has 17 heavy (non-hydrogen) atoms. The number of aliphatic hydroxyl groups excluding tert-OH is 1. The Bertz CT molecular complexity index is 507. The van der Waals surface area contributed by atoms with Crippen LogP contribution in [-0.4, -0.2) is 20.1 Å². The van der Waals surface area contributed by atoms with E-state index in [1.54, 1.807) is 10.9 Å². The van der Waals surface area contributed by atoms with Crippen LogP contribution in [0.5, 0.6) is 0 Å². The molecule has 0 amide bonds. The second kappa shape index (κ2) is 5.07. The molecule has 5 heteroatoms. The summed E-state index contributed by atoms with van der Waals surface area (Å²) in [5.74, 6) is 0. The van der Waals surface area contributed by atoms with Crippen LogP contribution in [0.15, 0.2) is 24.4 Å². The van der Waals surface area contributed by atoms with Gasteiger partial charge in [0.1, 0.15) is 5.69 Å². The van der Waals surface area contributed by atoms with Gasteiger partial charge in [0.15, 0.2) is 0 Å². The molecule has 0 unspecified atom stereocenters. The Balaban J connectivity index is 2.20. The van der Waals surface area contributed by atoms with Crippen molar-refractivity contribution in [1.82, 2.24) is 15.0 Å². The van der Waals surface area contributed by atoms with Gasteiger partial charge in [-0.05, 0) is 18.1 Å². The molecule has 0 aliphatic rings. The highest BCUT2D eigenvalue weighted by molar-refractivity contribution is 5.29. The first kappa shape index (κ1) is 11.8. The molecule has 0 saturated heterocycles. The topological polar surface area (TPSA) is 77.0 Å². The summed E-state index contributed by atoms with van der Waals surface area (Å²) in [6.07, 6.45) is 1.74. The normalized spacial score (nSPS) is 10.8. The van der Waals surface area contributed by atoms with Crippen LogP contribution in [0.1, 0.15) is 22.4 Å². The van der Waals surface area contributed by atoms with Gasteiger partial charge in [0.2, 0.25) is 0 Å². The summed E-state index contributed by atoms with van der Waals surface area (Å²) in [6.45, 7) is 3.14. The van der Waals surface area contributed by atoms with Gasteiger partial charge in [-0.15, -0.1) is 5.10 Å². The van der Waals surface area contributed by atoms with E-state index in [2.05, 4.69) is 28.5 Å². The number of aryl methyl sites for hydroxylation is 1. The molecule has 0 fully saturated rings. The molecule has 2 aromatic rings. The fraction of sp³-hybridized carbons (Fsp3) is 0.333. The minimum Gasteiger partial charge on any atom is -0.390 e. The molecule has 0 bridgehead atoms. The molecule has 2 rings (SSSR count). The lowest BCUT2D eigenvalue weighted by molar-refractivity contribution is 0.276. The molecular formula is C12H16N4O. The molecule has 0 aliphatic heterocycles. The summed E-state index contributed by atoms with van der Waals surface area (Å²) in [7, 11) is 0. The maximum Gasteiger partial charge on any atom is 0.108 e. The number of aromatic nitrogens is 3. The average Bonchev–Trinajstić information content (AvgIpc) is 2.76. The van der Waals surface area contributed by atoms with E-state index in [1.165, 1.54) is 5.56 Å². The van der Waals surface area contributed by atoms with Crippen LogP contribution < -0.4 is 5.73 Å². The lowest BCUT2D eigenvalue weighted by atomic mass is 10.1. The van der Waals surface area contributed by atoms with E-state index < -0.39 is 0 Å². The van der Waals surface area contributed by atoms with Crippen molar-refractivity contribution in [1.29, 1.82) is 0 Å². The van der Waals surface area contributed by atoms with Crippen LogP contribution in [0.4, 0.5) is 0 Å². The van der Waals surface area contributed by atoms with E-state index in [-0.39, 0.29) is 6.61 Å². The first-order valence-electron chi connectivity index (χ1n) is 5.50. The van der Waals surface area contributed by atoms with Gasteiger partial charge in [0.25, 0.3) is 0 Å². The zero-order valence-corrected chi connectivity index (χ0v) is 9.80. The lowest BCUT2D eigenvalue weighted by Gasteiger charge is -2.06. The zero-order chi connectivity index (χ0) is 12.3. The van der Waals surface area contributed by atoms with Crippen molar-refractivity contribution >= 4 is 0 Å². The minimum absolute atomic E-state index is 0.0815. The zero-order valence-electron chi connectivity index (χ0n) is 9.80. The average molecular weight is 232 g/mol. The van der Waals surface area contributed by atoms with Crippen LogP contribution in [0.25, 0.3) is 0 Å². The van der Waals surface area contributed by atoms with Gasteiger partial charge in [0.05, 0.1) is 19.3 Å². The summed E-state index contributed by atoms with van der Waals surface area (Å²) in [5, 5.41) is 16.7. The molecule has 90 valence electrons. The lowest BCUT2D eigenvalue weighted by Crippen LogP contribution is -2.03. The van der Waals surface area contributed by atoms with Crippen molar-refractivity contribution in [3.8, 4) is 0 Å². The van der Waals surface area contributed by atoms with Crippen LogP contribution >= 0.6 is 0 Å². The Kier molecular flexibility index (Phi) is 3.51. The largest absolute Gasteiger partial charge is 0.390 e. The van der Waals surface area contributed by atoms with E-state index in [1.807, 2.05) is 6.92 Å². The molecule has 5 nitrogen and oxygen atoms in total. The van der Waals surface area contributed by atoms with Crippen molar-refractivity contribution in [3.63, 3.8) is 0 Å². The summed E-state index contributed by atoms with van der Waals surface area (Å²) in [6, 6.07) is 6.23. The highest BCUT2D eigenvalue weighted by Crippen LogP contribution is 2.10. The first-order valence-corrected chi connectivity index (χ1v) is 5.50. The van der Waals surface area contributed by atoms with Crippen LogP contribution in [0.2, 0.25) is 0 Å². The summed E-state index contributed by atoms with van der Waals surface area (Å²) in [5.41, 5.74) is 9.66. The molecular weight excluding hydrogens is 216 g/mol. The minimum atomic E-state index is -0.0815. The smallest absolute Gasteiger partial charge is 0.108 e. The van der Waals surface area contributed by atoms with E-state index >= 15 is 0 Å². The third kappa shape index (κ3) is 2.89. The monoisotopic (exact) mass is 232 g/mol. The number of aliphatic hydroxyl groups is 1. The number of nitrogens with two attached hydrogens (primary N) is 1. The van der Waals surface area contributed by atoms with Crippen LogP contribution in [0.3, 0.4) is 0 Å². The van der Waals surface area contributed by atoms with Gasteiger partial charge >= 0.3 is 0 Å². The summed E-state index contributed by atoms with van der Waals surface area (Å²) >= 11 is 0. The SMILES string of the molecule is Cc1cc(CN)cc(Cn2cc(CO)nn2)c1. The van der Waals surface area contributed by atoms with E-state index in [0.29, 0.717) is 18.8 Å². The summed E-state index contributed by atoms with van der Waals surface area (Å²) < 4.78 is 1.71. The third-order valence-corrected chi connectivity index (χ3v) is 2.53. The summed E-state index contributed by atoms with van der Waals surface area (Å²) in [4.78, 5) is 0. The molecule has 0 saturated carbocycles.